The summed E-state index contributed by atoms with van der Waals surface area (Å²) in [5, 5.41) is -3.61. The Bertz CT molecular complexity index is 184. The van der Waals surface area contributed by atoms with E-state index >= 15 is 0 Å². The van der Waals surface area contributed by atoms with Crippen molar-refractivity contribution >= 4 is 17.4 Å². The van der Waals surface area contributed by atoms with Crippen LogP contribution < -0.4 is 0 Å². The molecule has 0 amide bonds. The van der Waals surface area contributed by atoms with Gasteiger partial charge in [0.2, 0.25) is 0 Å². The predicted molar refractivity (Wildman–Crippen MR) is 36.6 cm³/mol. The quantitative estimate of drug-likeness (QED) is 0.381. The Morgan fingerprint density at radius 2 is 2.09 bits per heavy atom. The molecule has 0 aliphatic rings. The summed E-state index contributed by atoms with van der Waals surface area (Å²) in [4.78, 5) is 10.3. The summed E-state index contributed by atoms with van der Waals surface area (Å²) in [5.41, 5.74) is 0. The van der Waals surface area contributed by atoms with Gasteiger partial charge >= 0.3 is 5.38 Å². The maximum atomic E-state index is 12.2. The lowest BCUT2D eigenvalue weighted by atomic mass is 10.3. The molecular formula is C6H7ClF2O2. The van der Waals surface area contributed by atoms with Gasteiger partial charge in [0.05, 0.1) is 7.11 Å². The largest absolute Gasteiger partial charge is 0.493 e. The van der Waals surface area contributed by atoms with Crippen LogP contribution in [0.5, 0.6) is 0 Å². The maximum Gasteiger partial charge on any atom is 0.379 e. The first-order valence-electron chi connectivity index (χ1n) is 2.71. The molecular weight excluding hydrogens is 178 g/mol. The molecule has 0 radical (unpaired) electrons. The molecule has 0 aliphatic carbocycles. The Hall–Kier alpha value is -0.640. The molecule has 0 aromatic rings. The number of allylic oxidation sites excluding steroid dienone is 2. The topological polar surface area (TPSA) is 26.3 Å². The Morgan fingerprint density at radius 3 is 2.18 bits per heavy atom. The smallest absolute Gasteiger partial charge is 0.379 e. The van der Waals surface area contributed by atoms with Gasteiger partial charge in [0.1, 0.15) is 0 Å². The van der Waals surface area contributed by atoms with E-state index < -0.39 is 16.9 Å². The fraction of sp³-hybridized carbons (Fsp3) is 0.500. The zero-order chi connectivity index (χ0) is 9.07. The van der Waals surface area contributed by atoms with Crippen molar-refractivity contribution in [3.63, 3.8) is 0 Å². The third-order valence-corrected chi connectivity index (χ3v) is 1.02. The number of hydrogen-bond acceptors (Lipinski definition) is 2. The highest BCUT2D eigenvalue weighted by atomic mass is 35.5. The lowest BCUT2D eigenvalue weighted by molar-refractivity contribution is -0.113. The third kappa shape index (κ3) is 3.93. The lowest BCUT2D eigenvalue weighted by Crippen LogP contribution is -2.13. The summed E-state index contributed by atoms with van der Waals surface area (Å²) in [6, 6.07) is 0. The maximum absolute atomic E-state index is 12.2. The van der Waals surface area contributed by atoms with Gasteiger partial charge in [-0.2, -0.15) is 8.78 Å². The van der Waals surface area contributed by atoms with Crippen molar-refractivity contribution in [3.05, 3.63) is 11.8 Å². The molecule has 0 saturated carbocycles. The van der Waals surface area contributed by atoms with Gasteiger partial charge in [-0.15, -0.1) is 0 Å². The van der Waals surface area contributed by atoms with E-state index in [4.69, 9.17) is 0 Å². The van der Waals surface area contributed by atoms with Crippen LogP contribution in [0.3, 0.4) is 0 Å². The Balaban J connectivity index is 4.54. The zero-order valence-electron chi connectivity index (χ0n) is 6.03. The molecule has 0 saturated heterocycles. The molecule has 0 aromatic heterocycles. The molecule has 0 bridgehead atoms. The summed E-state index contributed by atoms with van der Waals surface area (Å²) in [7, 11) is 1.02. The molecule has 0 spiro atoms. The minimum atomic E-state index is -3.61. The number of alkyl halides is 3. The van der Waals surface area contributed by atoms with Gasteiger partial charge in [0.25, 0.3) is 0 Å². The van der Waals surface area contributed by atoms with Crippen LogP contribution >= 0.6 is 11.6 Å². The number of ether oxygens (including phenoxy) is 1. The van der Waals surface area contributed by atoms with E-state index in [9.17, 15) is 13.6 Å². The number of hydrogen-bond donors (Lipinski definition) is 0. The van der Waals surface area contributed by atoms with E-state index in [0.717, 1.165) is 14.0 Å². The van der Waals surface area contributed by atoms with Crippen molar-refractivity contribution in [1.82, 2.24) is 0 Å². The molecule has 0 aromatic carbocycles. The molecule has 0 rings (SSSR count). The highest BCUT2D eigenvalue weighted by Crippen LogP contribution is 2.28. The van der Waals surface area contributed by atoms with Crippen LogP contribution in [0.1, 0.15) is 6.92 Å². The number of methoxy groups -OCH3 is 1. The average Bonchev–Trinajstić information content (AvgIpc) is 1.79. The molecule has 0 N–H and O–H groups in total. The van der Waals surface area contributed by atoms with E-state index in [1.807, 2.05) is 0 Å². The molecule has 64 valence electrons. The molecule has 0 aliphatic heterocycles. The second kappa shape index (κ2) is 3.67. The van der Waals surface area contributed by atoms with Crippen LogP contribution in [0.2, 0.25) is 0 Å². The minimum Gasteiger partial charge on any atom is -0.493 e. The van der Waals surface area contributed by atoms with Crippen molar-refractivity contribution < 1.29 is 18.3 Å². The van der Waals surface area contributed by atoms with Gasteiger partial charge in [-0.1, -0.05) is 0 Å². The average molecular weight is 185 g/mol. The van der Waals surface area contributed by atoms with Crippen LogP contribution in [0.4, 0.5) is 8.78 Å². The van der Waals surface area contributed by atoms with Gasteiger partial charge in [0, 0.05) is 6.08 Å². The number of carbonyl (C=O) groups excluding carboxylic acids is 1. The van der Waals surface area contributed by atoms with Gasteiger partial charge in [0.15, 0.2) is 11.5 Å². The molecule has 0 fully saturated rings. The summed E-state index contributed by atoms with van der Waals surface area (Å²) in [5.74, 6) is -1.38. The van der Waals surface area contributed by atoms with Crippen LogP contribution in [0, 0.1) is 0 Å². The second-order valence-corrected chi connectivity index (χ2v) is 2.30. The van der Waals surface area contributed by atoms with Gasteiger partial charge < -0.3 is 4.74 Å². The van der Waals surface area contributed by atoms with Gasteiger partial charge in [-0.25, -0.2) is 0 Å². The highest BCUT2D eigenvalue weighted by Gasteiger charge is 2.32. The molecule has 0 atom stereocenters. The van der Waals surface area contributed by atoms with Crippen LogP contribution in [0.25, 0.3) is 0 Å². The van der Waals surface area contributed by atoms with Crippen LogP contribution in [0.15, 0.2) is 11.8 Å². The fourth-order valence-corrected chi connectivity index (χ4v) is 0.573. The molecule has 5 heteroatoms. The van der Waals surface area contributed by atoms with Crippen molar-refractivity contribution in [2.24, 2.45) is 0 Å². The number of ketones is 1. The third-order valence-electron chi connectivity index (χ3n) is 0.834. The Morgan fingerprint density at radius 1 is 1.64 bits per heavy atom. The van der Waals surface area contributed by atoms with E-state index in [1.165, 1.54) is 0 Å². The fourth-order valence-electron chi connectivity index (χ4n) is 0.441. The van der Waals surface area contributed by atoms with Crippen molar-refractivity contribution in [2.75, 3.05) is 7.11 Å². The van der Waals surface area contributed by atoms with E-state index in [-0.39, 0.29) is 0 Å². The van der Waals surface area contributed by atoms with Crippen molar-refractivity contribution in [3.8, 4) is 0 Å². The van der Waals surface area contributed by atoms with E-state index in [2.05, 4.69) is 16.3 Å². The highest BCUT2D eigenvalue weighted by molar-refractivity contribution is 6.23. The Kier molecular flexibility index (Phi) is 3.45. The first-order valence-corrected chi connectivity index (χ1v) is 3.09. The number of rotatable bonds is 3. The zero-order valence-corrected chi connectivity index (χ0v) is 6.78. The molecule has 11 heavy (non-hydrogen) atoms. The molecule has 0 heterocycles. The molecule has 0 unspecified atom stereocenters. The minimum absolute atomic E-state index is 0.540. The lowest BCUT2D eigenvalue weighted by Gasteiger charge is -2.09. The SMILES string of the molecule is CO/C(=C\C(C)=O)C(F)(F)Cl. The van der Waals surface area contributed by atoms with Crippen LogP contribution in [-0.2, 0) is 9.53 Å². The predicted octanol–water partition coefficient (Wildman–Crippen LogP) is 1.94. The standard InChI is InChI=1S/C6H7ClF2O2/c1-4(10)3-5(11-2)6(7,8)9/h3H,1-2H3/b5-3-. The second-order valence-electron chi connectivity index (χ2n) is 1.82. The van der Waals surface area contributed by atoms with E-state index in [1.54, 1.807) is 0 Å². The normalized spacial score (nSPS) is 13.0. The van der Waals surface area contributed by atoms with Crippen molar-refractivity contribution in [1.29, 1.82) is 0 Å². The summed E-state index contributed by atoms with van der Waals surface area (Å²) in [6.45, 7) is 1.13. The van der Waals surface area contributed by atoms with Crippen molar-refractivity contribution in [2.45, 2.75) is 12.3 Å². The number of halogens is 3. The molecule has 2 nitrogen and oxygen atoms in total. The Labute approximate surface area is 67.8 Å². The monoisotopic (exact) mass is 184 g/mol. The van der Waals surface area contributed by atoms with E-state index in [0.29, 0.717) is 6.08 Å². The summed E-state index contributed by atoms with van der Waals surface area (Å²) >= 11 is 4.56. The first-order chi connectivity index (χ1) is 4.88. The first kappa shape index (κ1) is 10.4. The van der Waals surface area contributed by atoms with Gasteiger partial charge in [-0.3, -0.25) is 4.79 Å². The number of carbonyl (C=O) groups is 1. The summed E-state index contributed by atoms with van der Waals surface area (Å²) in [6.07, 6.45) is 0.646. The summed E-state index contributed by atoms with van der Waals surface area (Å²) < 4.78 is 28.5. The van der Waals surface area contributed by atoms with Crippen LogP contribution in [-0.4, -0.2) is 18.3 Å². The van der Waals surface area contributed by atoms with Gasteiger partial charge in [-0.05, 0) is 18.5 Å².